The van der Waals surface area contributed by atoms with Crippen molar-refractivity contribution in [2.75, 3.05) is 20.3 Å². The number of ketones is 2. The molecular weight excluding hydrogens is 510 g/mol. The number of ether oxygens (including phenoxy) is 2. The van der Waals surface area contributed by atoms with Gasteiger partial charge in [-0.25, -0.2) is 0 Å². The van der Waals surface area contributed by atoms with Gasteiger partial charge in [0.15, 0.2) is 11.6 Å². The quantitative estimate of drug-likeness (QED) is 0.365. The molecule has 1 heterocycles. The molecule has 2 aromatic carbocycles. The predicted octanol–water partition coefficient (Wildman–Crippen LogP) is 7.25. The average Bonchev–Trinajstić information content (AvgIpc) is 2.85. The lowest BCUT2D eigenvalue weighted by Gasteiger charge is -2.49. The number of para-hydroxylation sites is 1. The second kappa shape index (κ2) is 10.6. The molecule has 2 aliphatic carbocycles. The second-order valence-corrected chi connectivity index (χ2v) is 13.1. The molecule has 39 heavy (non-hydrogen) atoms. The summed E-state index contributed by atoms with van der Waals surface area (Å²) < 4.78 is 11.9. The highest BCUT2D eigenvalue weighted by molar-refractivity contribution is 6.30. The average molecular weight is 548 g/mol. The normalized spacial score (nSPS) is 20.7. The van der Waals surface area contributed by atoms with Gasteiger partial charge < -0.3 is 14.4 Å². The zero-order valence-corrected chi connectivity index (χ0v) is 24.4. The Morgan fingerprint density at radius 1 is 0.872 bits per heavy atom. The van der Waals surface area contributed by atoms with Crippen LogP contribution < -0.4 is 4.74 Å². The van der Waals surface area contributed by atoms with Gasteiger partial charge in [0.05, 0.1) is 6.61 Å². The SMILES string of the molecule is COCCN1C2=C(C(=O)CC(C)(C)C2)C(c2ccccc2OCc2cccc(Cl)c2)C2=C1CC(C)(C)CC2=O. The van der Waals surface area contributed by atoms with Crippen molar-refractivity contribution in [1.82, 2.24) is 4.90 Å². The van der Waals surface area contributed by atoms with E-state index in [4.69, 9.17) is 21.1 Å². The number of Topliss-reactive ketones (excluding diaryl/α,β-unsaturated/α-hetero) is 2. The lowest BCUT2D eigenvalue weighted by Crippen LogP contribution is -2.45. The minimum Gasteiger partial charge on any atom is -0.489 e. The van der Waals surface area contributed by atoms with Crippen LogP contribution in [-0.4, -0.2) is 36.7 Å². The molecule has 0 radical (unpaired) electrons. The zero-order valence-electron chi connectivity index (χ0n) is 23.6. The molecule has 5 rings (SSSR count). The van der Waals surface area contributed by atoms with E-state index in [0.717, 1.165) is 46.5 Å². The van der Waals surface area contributed by atoms with Crippen LogP contribution in [-0.2, 0) is 20.9 Å². The Morgan fingerprint density at radius 2 is 1.49 bits per heavy atom. The second-order valence-electron chi connectivity index (χ2n) is 12.6. The molecule has 0 spiro atoms. The van der Waals surface area contributed by atoms with E-state index in [1.54, 1.807) is 7.11 Å². The third kappa shape index (κ3) is 5.57. The molecule has 1 aliphatic heterocycles. The van der Waals surface area contributed by atoms with Gasteiger partial charge in [0.1, 0.15) is 12.4 Å². The topological polar surface area (TPSA) is 55.8 Å². The molecule has 2 aromatic rings. The van der Waals surface area contributed by atoms with Crippen molar-refractivity contribution >= 4 is 23.2 Å². The monoisotopic (exact) mass is 547 g/mol. The molecule has 0 N–H and O–H groups in total. The fourth-order valence-corrected chi connectivity index (χ4v) is 6.66. The minimum absolute atomic E-state index is 0.113. The van der Waals surface area contributed by atoms with Gasteiger partial charge in [-0.05, 0) is 47.4 Å². The largest absolute Gasteiger partial charge is 0.489 e. The summed E-state index contributed by atoms with van der Waals surface area (Å²) >= 11 is 6.20. The van der Waals surface area contributed by atoms with Crippen LogP contribution in [0.1, 0.15) is 70.4 Å². The van der Waals surface area contributed by atoms with Crippen LogP contribution in [0, 0.1) is 10.8 Å². The molecule has 5 nitrogen and oxygen atoms in total. The van der Waals surface area contributed by atoms with Gasteiger partial charge in [0, 0.05) is 65.5 Å². The number of nitrogens with zero attached hydrogens (tertiary/aromatic N) is 1. The van der Waals surface area contributed by atoms with Crippen molar-refractivity contribution in [2.24, 2.45) is 10.8 Å². The van der Waals surface area contributed by atoms with E-state index in [0.29, 0.717) is 43.4 Å². The highest BCUT2D eigenvalue weighted by Gasteiger charge is 2.49. The van der Waals surface area contributed by atoms with Crippen molar-refractivity contribution in [3.05, 3.63) is 87.2 Å². The number of carbonyl (C=O) groups excluding carboxylic acids is 2. The van der Waals surface area contributed by atoms with Crippen LogP contribution in [0.3, 0.4) is 0 Å². The standard InChI is InChI=1S/C33H38ClNO4/c1-32(2)16-24-30(26(36)18-32)29(31-25(35(24)13-14-38-5)17-33(3,4)19-27(31)37)23-11-6-7-12-28(23)39-20-21-9-8-10-22(34)15-21/h6-12,15,29H,13-14,16-20H2,1-5H3. The Labute approximate surface area is 236 Å². The van der Waals surface area contributed by atoms with E-state index in [1.807, 2.05) is 48.5 Å². The summed E-state index contributed by atoms with van der Waals surface area (Å²) in [5.41, 5.74) is 5.05. The van der Waals surface area contributed by atoms with Gasteiger partial charge in [0.25, 0.3) is 0 Å². The molecule has 0 aromatic heterocycles. The molecule has 6 heteroatoms. The van der Waals surface area contributed by atoms with Crippen molar-refractivity contribution in [2.45, 2.75) is 65.9 Å². The van der Waals surface area contributed by atoms with Gasteiger partial charge in [-0.2, -0.15) is 0 Å². The molecule has 0 unspecified atom stereocenters. The molecule has 0 saturated heterocycles. The summed E-state index contributed by atoms with van der Waals surface area (Å²) in [4.78, 5) is 30.2. The number of halogens is 1. The van der Waals surface area contributed by atoms with Gasteiger partial charge in [-0.1, -0.05) is 69.6 Å². The Balaban J connectivity index is 1.67. The van der Waals surface area contributed by atoms with Crippen LogP contribution in [0.15, 0.2) is 71.1 Å². The number of benzene rings is 2. The first-order valence-corrected chi connectivity index (χ1v) is 14.1. The fourth-order valence-electron chi connectivity index (χ4n) is 6.45. The molecular formula is C33H38ClNO4. The van der Waals surface area contributed by atoms with Crippen molar-refractivity contribution in [1.29, 1.82) is 0 Å². The molecule has 0 fully saturated rings. The Hall–Kier alpha value is -2.89. The van der Waals surface area contributed by atoms with Crippen molar-refractivity contribution in [3.63, 3.8) is 0 Å². The lowest BCUT2D eigenvalue weighted by molar-refractivity contribution is -0.119. The van der Waals surface area contributed by atoms with Gasteiger partial charge in [-0.3, -0.25) is 9.59 Å². The molecule has 0 saturated carbocycles. The maximum absolute atomic E-state index is 14.0. The van der Waals surface area contributed by atoms with Gasteiger partial charge in [0.2, 0.25) is 0 Å². The van der Waals surface area contributed by atoms with Crippen molar-refractivity contribution in [3.8, 4) is 5.75 Å². The van der Waals surface area contributed by atoms with Crippen LogP contribution in [0.2, 0.25) is 5.02 Å². The first kappa shape index (κ1) is 27.7. The van der Waals surface area contributed by atoms with E-state index < -0.39 is 5.92 Å². The van der Waals surface area contributed by atoms with Crippen LogP contribution >= 0.6 is 11.6 Å². The Bertz CT molecular complexity index is 1320. The van der Waals surface area contributed by atoms with E-state index in [9.17, 15) is 9.59 Å². The lowest BCUT2D eigenvalue weighted by atomic mass is 9.63. The number of rotatable bonds is 7. The van der Waals surface area contributed by atoms with E-state index in [-0.39, 0.29) is 22.4 Å². The maximum Gasteiger partial charge on any atom is 0.162 e. The maximum atomic E-state index is 14.0. The van der Waals surface area contributed by atoms with Crippen molar-refractivity contribution < 1.29 is 19.1 Å². The Kier molecular flexibility index (Phi) is 7.51. The van der Waals surface area contributed by atoms with E-state index in [1.165, 1.54) is 0 Å². The van der Waals surface area contributed by atoms with E-state index >= 15 is 0 Å². The number of methoxy groups -OCH3 is 1. The predicted molar refractivity (Wildman–Crippen MR) is 154 cm³/mol. The Morgan fingerprint density at radius 3 is 2.08 bits per heavy atom. The molecule has 0 atom stereocenters. The van der Waals surface area contributed by atoms with Crippen LogP contribution in [0.25, 0.3) is 0 Å². The molecule has 206 valence electrons. The van der Waals surface area contributed by atoms with Gasteiger partial charge >= 0.3 is 0 Å². The summed E-state index contributed by atoms with van der Waals surface area (Å²) in [6.07, 6.45) is 2.44. The number of carbonyl (C=O) groups is 2. The smallest absolute Gasteiger partial charge is 0.162 e. The minimum atomic E-state index is -0.448. The first-order chi connectivity index (χ1) is 18.5. The van der Waals surface area contributed by atoms with Crippen LogP contribution in [0.5, 0.6) is 5.75 Å². The summed E-state index contributed by atoms with van der Waals surface area (Å²) in [6.45, 7) is 10.1. The third-order valence-corrected chi connectivity index (χ3v) is 8.29. The highest BCUT2D eigenvalue weighted by Crippen LogP contribution is 2.55. The summed E-state index contributed by atoms with van der Waals surface area (Å²) in [5.74, 6) is 0.461. The molecule has 0 amide bonds. The molecule has 3 aliphatic rings. The third-order valence-electron chi connectivity index (χ3n) is 8.05. The molecule has 0 bridgehead atoms. The highest BCUT2D eigenvalue weighted by atomic mass is 35.5. The van der Waals surface area contributed by atoms with E-state index in [2.05, 4.69) is 32.6 Å². The summed E-state index contributed by atoms with van der Waals surface area (Å²) in [6, 6.07) is 15.5. The number of hydrogen-bond acceptors (Lipinski definition) is 5. The summed E-state index contributed by atoms with van der Waals surface area (Å²) in [5, 5.41) is 0.656. The summed E-state index contributed by atoms with van der Waals surface area (Å²) in [7, 11) is 1.69. The van der Waals surface area contributed by atoms with Gasteiger partial charge in [-0.15, -0.1) is 0 Å². The fraction of sp³-hybridized carbons (Fsp3) is 0.455. The number of hydrogen-bond donors (Lipinski definition) is 0. The first-order valence-electron chi connectivity index (χ1n) is 13.7. The zero-order chi connectivity index (χ0) is 27.9. The van der Waals surface area contributed by atoms with Crippen LogP contribution in [0.4, 0.5) is 0 Å². The number of allylic oxidation sites excluding steroid dienone is 4.